The van der Waals surface area contributed by atoms with E-state index in [0.29, 0.717) is 40.1 Å². The molecule has 0 heterocycles. The van der Waals surface area contributed by atoms with Gasteiger partial charge in [0, 0.05) is 28.7 Å². The van der Waals surface area contributed by atoms with Crippen molar-refractivity contribution in [2.24, 2.45) is 0 Å². The normalized spacial score (nSPS) is 11.9. The van der Waals surface area contributed by atoms with Crippen molar-refractivity contribution >= 4 is 50.7 Å². The Kier molecular flexibility index (Phi) is 11.9. The summed E-state index contributed by atoms with van der Waals surface area (Å²) in [6, 6.07) is 19.7. The van der Waals surface area contributed by atoms with E-state index >= 15 is 0 Å². The summed E-state index contributed by atoms with van der Waals surface area (Å²) in [4.78, 5) is 28.4. The van der Waals surface area contributed by atoms with E-state index in [4.69, 9.17) is 27.9 Å². The topological polar surface area (TPSA) is 96.0 Å². The van der Waals surface area contributed by atoms with Gasteiger partial charge in [-0.15, -0.1) is 0 Å². The van der Waals surface area contributed by atoms with Crippen LogP contribution in [0.2, 0.25) is 10.0 Å². The number of sulfonamides is 1. The van der Waals surface area contributed by atoms with Crippen molar-refractivity contribution in [3.8, 4) is 11.5 Å². The molecule has 3 aromatic rings. The van der Waals surface area contributed by atoms with Crippen LogP contribution in [0.15, 0.2) is 72.8 Å². The predicted octanol–water partition coefficient (Wildman–Crippen LogP) is 6.28. The van der Waals surface area contributed by atoms with Crippen LogP contribution in [0.5, 0.6) is 11.5 Å². The van der Waals surface area contributed by atoms with Gasteiger partial charge >= 0.3 is 0 Å². The van der Waals surface area contributed by atoms with Gasteiger partial charge in [-0.3, -0.25) is 13.9 Å². The van der Waals surface area contributed by atoms with Crippen LogP contribution in [0.4, 0.5) is 5.69 Å². The van der Waals surface area contributed by atoms with E-state index in [0.717, 1.165) is 23.4 Å². The predicted molar refractivity (Wildman–Crippen MR) is 164 cm³/mol. The van der Waals surface area contributed by atoms with Crippen LogP contribution < -0.4 is 14.4 Å². The van der Waals surface area contributed by atoms with E-state index in [1.54, 1.807) is 61.5 Å². The molecule has 3 aromatic carbocycles. The first-order valence-electron chi connectivity index (χ1n) is 13.4. The zero-order chi connectivity index (χ0) is 30.0. The summed E-state index contributed by atoms with van der Waals surface area (Å²) in [5.74, 6) is 0.232. The van der Waals surface area contributed by atoms with Crippen LogP contribution in [-0.2, 0) is 26.2 Å². The number of carbonyl (C=O) groups is 2. The van der Waals surface area contributed by atoms with Gasteiger partial charge in [-0.1, -0.05) is 67.7 Å². The number of nitrogens with zero attached hydrogens (tertiary/aromatic N) is 2. The van der Waals surface area contributed by atoms with Crippen LogP contribution in [0, 0.1) is 0 Å². The molecule has 0 saturated heterocycles. The number of carbonyl (C=O) groups excluding carboxylic acids is 2. The van der Waals surface area contributed by atoms with Gasteiger partial charge in [0.1, 0.15) is 24.1 Å². The molecule has 0 radical (unpaired) electrons. The lowest BCUT2D eigenvalue weighted by Gasteiger charge is -2.33. The number of anilines is 1. The number of halogens is 2. The second-order valence-electron chi connectivity index (χ2n) is 9.47. The van der Waals surface area contributed by atoms with E-state index in [2.05, 4.69) is 5.32 Å². The molecule has 0 aliphatic heterocycles. The molecule has 0 unspecified atom stereocenters. The average Bonchev–Trinajstić information content (AvgIpc) is 2.93. The minimum absolute atomic E-state index is 0.0709. The van der Waals surface area contributed by atoms with Crippen LogP contribution in [0.25, 0.3) is 0 Å². The van der Waals surface area contributed by atoms with Gasteiger partial charge in [0.05, 0.1) is 11.9 Å². The summed E-state index contributed by atoms with van der Waals surface area (Å²) >= 11 is 12.8. The Balaban J connectivity index is 1.91. The number of hydrogen-bond donors (Lipinski definition) is 1. The van der Waals surface area contributed by atoms with Crippen LogP contribution >= 0.6 is 23.2 Å². The average molecular weight is 621 g/mol. The van der Waals surface area contributed by atoms with E-state index in [-0.39, 0.29) is 18.1 Å². The van der Waals surface area contributed by atoms with Gasteiger partial charge in [-0.25, -0.2) is 8.42 Å². The first-order chi connectivity index (χ1) is 19.5. The van der Waals surface area contributed by atoms with Crippen LogP contribution in [0.1, 0.15) is 38.7 Å². The zero-order valence-electron chi connectivity index (χ0n) is 23.3. The summed E-state index contributed by atoms with van der Waals surface area (Å²) in [6.45, 7) is 3.67. The molecule has 0 fully saturated rings. The molecule has 3 rings (SSSR count). The molecule has 1 atom stereocenters. The fraction of sp³-hybridized carbons (Fsp3) is 0.333. The Morgan fingerprint density at radius 2 is 1.51 bits per heavy atom. The number of benzene rings is 3. The van der Waals surface area contributed by atoms with Crippen LogP contribution in [-0.4, -0.2) is 50.5 Å². The SMILES string of the molecule is CCCCNC(=O)[C@H](CC)N(Cc1c(Cl)cccc1Cl)C(=O)CN(c1ccc(Oc2ccccc2)cc1)S(C)(=O)=O. The molecular formula is C30H35Cl2N3O5S. The molecular weight excluding hydrogens is 585 g/mol. The molecule has 8 nitrogen and oxygen atoms in total. The molecule has 41 heavy (non-hydrogen) atoms. The highest BCUT2D eigenvalue weighted by Gasteiger charge is 2.32. The summed E-state index contributed by atoms with van der Waals surface area (Å²) in [5.41, 5.74) is 0.745. The van der Waals surface area contributed by atoms with Crippen molar-refractivity contribution < 1.29 is 22.7 Å². The molecule has 2 amide bonds. The molecule has 0 aliphatic carbocycles. The molecule has 220 valence electrons. The molecule has 11 heteroatoms. The second kappa shape index (κ2) is 15.1. The fourth-order valence-corrected chi connectivity index (χ4v) is 5.56. The van der Waals surface area contributed by atoms with Gasteiger partial charge < -0.3 is 15.0 Å². The highest BCUT2D eigenvalue weighted by molar-refractivity contribution is 7.92. The van der Waals surface area contributed by atoms with E-state index in [1.165, 1.54) is 4.90 Å². The molecule has 0 saturated carbocycles. The Labute approximate surface area is 252 Å². The first-order valence-corrected chi connectivity index (χ1v) is 16.0. The second-order valence-corrected chi connectivity index (χ2v) is 12.2. The lowest BCUT2D eigenvalue weighted by Crippen LogP contribution is -2.52. The number of para-hydroxylation sites is 1. The molecule has 0 aromatic heterocycles. The number of unbranched alkanes of at least 4 members (excludes halogenated alkanes) is 1. The number of hydrogen-bond acceptors (Lipinski definition) is 5. The van der Waals surface area contributed by atoms with Crippen molar-refractivity contribution in [1.82, 2.24) is 10.2 Å². The van der Waals surface area contributed by atoms with Crippen molar-refractivity contribution in [2.45, 2.75) is 45.7 Å². The monoisotopic (exact) mass is 619 g/mol. The lowest BCUT2D eigenvalue weighted by atomic mass is 10.1. The summed E-state index contributed by atoms with van der Waals surface area (Å²) < 4.78 is 32.6. The minimum Gasteiger partial charge on any atom is -0.457 e. The third-order valence-corrected chi connectivity index (χ3v) is 8.24. The van der Waals surface area contributed by atoms with Crippen molar-refractivity contribution in [3.63, 3.8) is 0 Å². The quantitative estimate of drug-likeness (QED) is 0.214. The third-order valence-electron chi connectivity index (χ3n) is 6.39. The Bertz CT molecular complexity index is 1400. The van der Waals surface area contributed by atoms with Gasteiger partial charge in [0.15, 0.2) is 0 Å². The maximum atomic E-state index is 13.9. The van der Waals surface area contributed by atoms with Gasteiger partial charge in [0.25, 0.3) is 0 Å². The minimum atomic E-state index is -3.89. The van der Waals surface area contributed by atoms with Gasteiger partial charge in [-0.2, -0.15) is 0 Å². The highest BCUT2D eigenvalue weighted by atomic mass is 35.5. The van der Waals surface area contributed by atoms with E-state index in [1.807, 2.05) is 25.1 Å². The zero-order valence-corrected chi connectivity index (χ0v) is 25.7. The maximum absolute atomic E-state index is 13.9. The summed E-state index contributed by atoms with van der Waals surface area (Å²) in [5, 5.41) is 3.56. The fourth-order valence-electron chi connectivity index (χ4n) is 4.20. The Hall–Kier alpha value is -3.27. The van der Waals surface area contributed by atoms with Crippen molar-refractivity contribution in [2.75, 3.05) is 23.7 Å². The van der Waals surface area contributed by atoms with Gasteiger partial charge in [0.2, 0.25) is 21.8 Å². The lowest BCUT2D eigenvalue weighted by molar-refractivity contribution is -0.140. The molecule has 0 spiro atoms. The highest BCUT2D eigenvalue weighted by Crippen LogP contribution is 2.29. The summed E-state index contributed by atoms with van der Waals surface area (Å²) in [7, 11) is -3.89. The molecule has 1 N–H and O–H groups in total. The molecule has 0 aliphatic rings. The Morgan fingerprint density at radius 3 is 2.07 bits per heavy atom. The van der Waals surface area contributed by atoms with Crippen molar-refractivity contribution in [1.29, 1.82) is 0 Å². The number of rotatable bonds is 14. The third kappa shape index (κ3) is 9.11. The number of amides is 2. The maximum Gasteiger partial charge on any atom is 0.244 e. The first kappa shape index (κ1) is 32.2. The van der Waals surface area contributed by atoms with E-state index < -0.39 is 28.5 Å². The number of nitrogens with one attached hydrogen (secondary N) is 1. The number of ether oxygens (including phenoxy) is 1. The smallest absolute Gasteiger partial charge is 0.244 e. The van der Waals surface area contributed by atoms with Crippen molar-refractivity contribution in [3.05, 3.63) is 88.4 Å². The Morgan fingerprint density at radius 1 is 0.902 bits per heavy atom. The van der Waals surface area contributed by atoms with Crippen LogP contribution in [0.3, 0.4) is 0 Å². The molecule has 0 bridgehead atoms. The largest absolute Gasteiger partial charge is 0.457 e. The van der Waals surface area contributed by atoms with Gasteiger partial charge in [-0.05, 0) is 61.4 Å². The standard InChI is InChI=1S/C30H35Cl2N3O5S/c1-4-6-19-33-30(37)28(5-2)34(20-25-26(31)13-10-14-27(25)32)29(36)21-35(41(3,38)39)22-15-17-24(18-16-22)40-23-11-8-7-9-12-23/h7-18,28H,4-6,19-21H2,1-3H3,(H,33,37)/t28-/m0/s1. The summed E-state index contributed by atoms with van der Waals surface area (Å²) in [6.07, 6.45) is 3.01. The van der Waals surface area contributed by atoms with E-state index in [9.17, 15) is 18.0 Å².